The largest absolute Gasteiger partial charge is 0.262 e. The average molecular weight is 371 g/mol. The van der Waals surface area contributed by atoms with Crippen LogP contribution in [0.5, 0.6) is 0 Å². The molecule has 28 heavy (non-hydrogen) atoms. The van der Waals surface area contributed by atoms with Crippen LogP contribution in [0.1, 0.15) is 31.4 Å². The Morgan fingerprint density at radius 2 is 1.71 bits per heavy atom. The fourth-order valence-corrected chi connectivity index (χ4v) is 3.59. The molecule has 0 radical (unpaired) electrons. The van der Waals surface area contributed by atoms with Crippen molar-refractivity contribution < 1.29 is 4.39 Å². The van der Waals surface area contributed by atoms with Crippen LogP contribution in [0.4, 0.5) is 4.39 Å². The number of hydrogen-bond acceptors (Lipinski definition) is 3. The van der Waals surface area contributed by atoms with E-state index in [1.54, 1.807) is 12.3 Å². The maximum Gasteiger partial charge on any atom is 0.150 e. The molecule has 0 saturated carbocycles. The van der Waals surface area contributed by atoms with Crippen LogP contribution in [0.2, 0.25) is 0 Å². The molecule has 3 nitrogen and oxygen atoms in total. The third-order valence-corrected chi connectivity index (χ3v) is 5.04. The van der Waals surface area contributed by atoms with Gasteiger partial charge in [0, 0.05) is 18.2 Å². The zero-order valence-electron chi connectivity index (χ0n) is 16.1. The first-order valence-electron chi connectivity index (χ1n) is 9.28. The summed E-state index contributed by atoms with van der Waals surface area (Å²) in [5, 5.41) is 6.66. The Labute approximate surface area is 164 Å². The minimum Gasteiger partial charge on any atom is -0.262 e. The summed E-state index contributed by atoms with van der Waals surface area (Å²) in [6, 6.07) is 20.3. The molecule has 0 unspecified atom stereocenters. The minimum atomic E-state index is -0.391. The van der Waals surface area contributed by atoms with Crippen molar-refractivity contribution in [1.29, 1.82) is 0 Å². The average Bonchev–Trinajstić information content (AvgIpc) is 3.04. The molecule has 4 rings (SSSR count). The maximum absolute atomic E-state index is 14.2. The van der Waals surface area contributed by atoms with E-state index in [2.05, 4.69) is 55.7 Å². The Hall–Kier alpha value is -3.27. The van der Waals surface area contributed by atoms with Gasteiger partial charge in [-0.15, -0.1) is 0 Å². The van der Waals surface area contributed by atoms with E-state index in [9.17, 15) is 4.39 Å². The van der Waals surface area contributed by atoms with Crippen LogP contribution in [0.25, 0.3) is 16.8 Å². The molecule has 0 saturated heterocycles. The number of nitrogens with zero attached hydrogens (tertiary/aromatic N) is 3. The third kappa shape index (κ3) is 3.33. The van der Waals surface area contributed by atoms with Gasteiger partial charge in [-0.05, 0) is 42.7 Å². The number of aromatic nitrogens is 1. The fourth-order valence-electron chi connectivity index (χ4n) is 3.59. The molecule has 0 bridgehead atoms. The predicted octanol–water partition coefficient (Wildman–Crippen LogP) is 5.75. The van der Waals surface area contributed by atoms with E-state index in [4.69, 9.17) is 5.10 Å². The number of benzene rings is 2. The highest BCUT2D eigenvalue weighted by Gasteiger charge is 2.36. The van der Waals surface area contributed by atoms with E-state index in [1.165, 1.54) is 11.8 Å². The third-order valence-electron chi connectivity index (χ3n) is 5.04. The first kappa shape index (κ1) is 18.1. The fraction of sp³-hybridized carbons (Fsp3) is 0.167. The van der Waals surface area contributed by atoms with Crippen molar-refractivity contribution in [2.24, 2.45) is 5.10 Å². The highest BCUT2D eigenvalue weighted by molar-refractivity contribution is 6.03. The number of hydrogen-bond donors (Lipinski definition) is 0. The van der Waals surface area contributed by atoms with E-state index in [1.807, 2.05) is 29.3 Å². The van der Waals surface area contributed by atoms with Gasteiger partial charge in [0.1, 0.15) is 0 Å². The van der Waals surface area contributed by atoms with Crippen LogP contribution in [0.15, 0.2) is 84.7 Å². The summed E-state index contributed by atoms with van der Waals surface area (Å²) < 4.78 is 14.2. The van der Waals surface area contributed by atoms with E-state index in [-0.39, 0.29) is 5.54 Å². The summed E-state index contributed by atoms with van der Waals surface area (Å²) in [6.07, 6.45) is 3.52. The molecule has 1 aliphatic rings. The van der Waals surface area contributed by atoms with Gasteiger partial charge in [0.15, 0.2) is 5.82 Å². The van der Waals surface area contributed by atoms with Crippen LogP contribution >= 0.6 is 0 Å². The van der Waals surface area contributed by atoms with Gasteiger partial charge in [-0.2, -0.15) is 5.10 Å². The van der Waals surface area contributed by atoms with E-state index < -0.39 is 5.82 Å². The number of hydrazone groups is 1. The van der Waals surface area contributed by atoms with Crippen molar-refractivity contribution in [3.63, 3.8) is 0 Å². The minimum absolute atomic E-state index is 0.301. The van der Waals surface area contributed by atoms with Crippen LogP contribution in [-0.2, 0) is 0 Å². The Balaban J connectivity index is 1.69. The molecule has 0 fully saturated rings. The number of pyridine rings is 1. The summed E-state index contributed by atoms with van der Waals surface area (Å²) in [5.41, 5.74) is 5.02. The predicted molar refractivity (Wildman–Crippen MR) is 112 cm³/mol. The van der Waals surface area contributed by atoms with Gasteiger partial charge in [0.2, 0.25) is 0 Å². The molecule has 1 aliphatic heterocycles. The second-order valence-corrected chi connectivity index (χ2v) is 7.60. The molecule has 0 atom stereocenters. The standard InChI is InChI=1S/C24H22FN3/c1-17(21-12-13-26-16-22(21)25)28-24(2,3)15-23(27-28)20-11-7-10-19(14-20)18-8-5-4-6-9-18/h4-14,16H,1,15H2,2-3H3. The summed E-state index contributed by atoms with van der Waals surface area (Å²) in [5.74, 6) is -0.391. The molecule has 0 spiro atoms. The SMILES string of the molecule is C=C(c1ccncc1F)N1N=C(c2cccc(-c3ccccc3)c2)CC1(C)C. The van der Waals surface area contributed by atoms with Crippen LogP contribution in [0, 0.1) is 5.82 Å². The van der Waals surface area contributed by atoms with Crippen molar-refractivity contribution >= 4 is 11.4 Å². The molecule has 4 heteroatoms. The Bertz CT molecular complexity index is 1050. The monoisotopic (exact) mass is 371 g/mol. The lowest BCUT2D eigenvalue weighted by Gasteiger charge is -2.32. The Morgan fingerprint density at radius 3 is 2.46 bits per heavy atom. The molecule has 0 N–H and O–H groups in total. The van der Waals surface area contributed by atoms with Gasteiger partial charge in [-0.3, -0.25) is 9.99 Å². The lowest BCUT2D eigenvalue weighted by Crippen LogP contribution is -2.35. The lowest BCUT2D eigenvalue weighted by atomic mass is 9.93. The number of rotatable bonds is 4. The first-order valence-corrected chi connectivity index (χ1v) is 9.28. The summed E-state index contributed by atoms with van der Waals surface area (Å²) in [6.45, 7) is 8.29. The van der Waals surface area contributed by atoms with Gasteiger partial charge >= 0.3 is 0 Å². The van der Waals surface area contributed by atoms with E-state index >= 15 is 0 Å². The topological polar surface area (TPSA) is 28.5 Å². The lowest BCUT2D eigenvalue weighted by molar-refractivity contribution is 0.241. The van der Waals surface area contributed by atoms with E-state index in [0.29, 0.717) is 11.3 Å². The normalized spacial score (nSPS) is 15.4. The zero-order valence-corrected chi connectivity index (χ0v) is 16.1. The smallest absolute Gasteiger partial charge is 0.150 e. The molecule has 0 amide bonds. The molecule has 140 valence electrons. The van der Waals surface area contributed by atoms with Gasteiger partial charge in [0.25, 0.3) is 0 Å². The quantitative estimate of drug-likeness (QED) is 0.584. The van der Waals surface area contributed by atoms with Crippen LogP contribution < -0.4 is 0 Å². The highest BCUT2D eigenvalue weighted by atomic mass is 19.1. The summed E-state index contributed by atoms with van der Waals surface area (Å²) in [4.78, 5) is 3.82. The van der Waals surface area contributed by atoms with Crippen LogP contribution in [-0.4, -0.2) is 21.2 Å². The highest BCUT2D eigenvalue weighted by Crippen LogP contribution is 2.36. The van der Waals surface area contributed by atoms with Gasteiger partial charge in [-0.25, -0.2) is 4.39 Å². The van der Waals surface area contributed by atoms with E-state index in [0.717, 1.165) is 23.3 Å². The summed E-state index contributed by atoms with van der Waals surface area (Å²) >= 11 is 0. The van der Waals surface area contributed by atoms with Gasteiger partial charge < -0.3 is 0 Å². The second-order valence-electron chi connectivity index (χ2n) is 7.60. The zero-order chi connectivity index (χ0) is 19.7. The first-order chi connectivity index (χ1) is 13.5. The van der Waals surface area contributed by atoms with Crippen molar-refractivity contribution in [2.45, 2.75) is 25.8 Å². The Morgan fingerprint density at radius 1 is 1.00 bits per heavy atom. The molecular weight excluding hydrogens is 349 g/mol. The molecule has 3 aromatic rings. The van der Waals surface area contributed by atoms with Crippen LogP contribution in [0.3, 0.4) is 0 Å². The molecular formula is C24H22FN3. The second kappa shape index (κ2) is 7.04. The van der Waals surface area contributed by atoms with Crippen molar-refractivity contribution in [3.8, 4) is 11.1 Å². The van der Waals surface area contributed by atoms with Crippen molar-refractivity contribution in [1.82, 2.24) is 9.99 Å². The molecule has 2 aromatic carbocycles. The van der Waals surface area contributed by atoms with Gasteiger partial charge in [0.05, 0.1) is 23.1 Å². The molecule has 2 heterocycles. The molecule has 1 aromatic heterocycles. The van der Waals surface area contributed by atoms with Gasteiger partial charge in [-0.1, -0.05) is 55.1 Å². The molecule has 0 aliphatic carbocycles. The number of halogens is 1. The van der Waals surface area contributed by atoms with Crippen molar-refractivity contribution in [3.05, 3.63) is 96.6 Å². The van der Waals surface area contributed by atoms with Crippen molar-refractivity contribution in [2.75, 3.05) is 0 Å². The summed E-state index contributed by atoms with van der Waals surface area (Å²) in [7, 11) is 0. The maximum atomic E-state index is 14.2. The Kier molecular flexibility index (Phi) is 4.55.